The lowest BCUT2D eigenvalue weighted by atomic mass is 10.1. The third kappa shape index (κ3) is 4.55. The Morgan fingerprint density at radius 2 is 1.69 bits per heavy atom. The molecule has 138 valence electrons. The van der Waals surface area contributed by atoms with Gasteiger partial charge in [0.2, 0.25) is 0 Å². The summed E-state index contributed by atoms with van der Waals surface area (Å²) in [5.41, 5.74) is 2.98. The fourth-order valence-electron chi connectivity index (χ4n) is 3.37. The molecule has 5 heteroatoms. The van der Waals surface area contributed by atoms with Crippen LogP contribution in [-0.4, -0.2) is 43.3 Å². The molecule has 5 nitrogen and oxygen atoms in total. The van der Waals surface area contributed by atoms with E-state index in [4.69, 9.17) is 4.74 Å². The van der Waals surface area contributed by atoms with E-state index in [9.17, 15) is 4.79 Å². The second kappa shape index (κ2) is 8.23. The van der Waals surface area contributed by atoms with Crippen LogP contribution in [0, 0.1) is 0 Å². The van der Waals surface area contributed by atoms with Crippen LogP contribution in [0.3, 0.4) is 0 Å². The van der Waals surface area contributed by atoms with Crippen LogP contribution >= 0.6 is 0 Å². The van der Waals surface area contributed by atoms with Crippen LogP contribution in [0.4, 0.5) is 16.2 Å². The molecule has 1 heterocycles. The smallest absolute Gasteiger partial charge is 0.321 e. The fraction of sp³-hybridized carbons (Fsp3) is 0.381. The molecule has 0 aliphatic carbocycles. The molecular weight excluding hydrogens is 326 g/mol. The average Bonchev–Trinajstić information content (AvgIpc) is 2.62. The van der Waals surface area contributed by atoms with Crippen molar-refractivity contribution in [3.05, 3.63) is 60.2 Å². The number of hydrogen-bond donors (Lipinski definition) is 1. The minimum absolute atomic E-state index is 0.115. The van der Waals surface area contributed by atoms with Gasteiger partial charge in [-0.05, 0) is 31.5 Å². The first-order valence-electron chi connectivity index (χ1n) is 9.08. The highest BCUT2D eigenvalue weighted by atomic mass is 16.5. The van der Waals surface area contributed by atoms with Crippen molar-refractivity contribution >= 4 is 17.4 Å². The van der Waals surface area contributed by atoms with Crippen molar-refractivity contribution in [3.8, 4) is 0 Å². The first-order valence-corrected chi connectivity index (χ1v) is 9.08. The molecule has 0 spiro atoms. The predicted octanol–water partition coefficient (Wildman–Crippen LogP) is 3.96. The summed E-state index contributed by atoms with van der Waals surface area (Å²) in [6, 6.07) is 17.8. The molecule has 3 rings (SSSR count). The SMILES string of the molecule is CC1CN(c2ccccc2NC(=O)N(C)Cc2ccccc2)CC(C)O1. The third-order valence-corrected chi connectivity index (χ3v) is 4.52. The van der Waals surface area contributed by atoms with E-state index in [2.05, 4.69) is 30.1 Å². The third-order valence-electron chi connectivity index (χ3n) is 4.52. The van der Waals surface area contributed by atoms with Gasteiger partial charge in [-0.1, -0.05) is 42.5 Å². The van der Waals surface area contributed by atoms with Crippen LogP contribution in [0.2, 0.25) is 0 Å². The maximum atomic E-state index is 12.7. The summed E-state index contributed by atoms with van der Waals surface area (Å²) in [6.07, 6.45) is 0.339. The first-order chi connectivity index (χ1) is 12.5. The molecule has 2 amide bonds. The van der Waals surface area contributed by atoms with E-state index >= 15 is 0 Å². The second-order valence-electron chi connectivity index (χ2n) is 6.95. The lowest BCUT2D eigenvalue weighted by molar-refractivity contribution is -0.00517. The number of ether oxygens (including phenoxy) is 1. The van der Waals surface area contributed by atoms with E-state index in [1.54, 1.807) is 4.90 Å². The van der Waals surface area contributed by atoms with Crippen molar-refractivity contribution in [3.63, 3.8) is 0 Å². The summed E-state index contributed by atoms with van der Waals surface area (Å²) in [5.74, 6) is 0. The summed E-state index contributed by atoms with van der Waals surface area (Å²) in [4.78, 5) is 16.6. The zero-order chi connectivity index (χ0) is 18.5. The molecule has 0 radical (unpaired) electrons. The van der Waals surface area contributed by atoms with E-state index in [0.29, 0.717) is 6.54 Å². The van der Waals surface area contributed by atoms with Crippen molar-refractivity contribution in [1.82, 2.24) is 4.90 Å². The Balaban J connectivity index is 1.70. The van der Waals surface area contributed by atoms with E-state index in [1.807, 2.05) is 55.6 Å². The van der Waals surface area contributed by atoms with Crippen LogP contribution < -0.4 is 10.2 Å². The minimum atomic E-state index is -0.115. The summed E-state index contributed by atoms with van der Waals surface area (Å²) >= 11 is 0. The summed E-state index contributed by atoms with van der Waals surface area (Å²) in [6.45, 7) is 6.36. The van der Waals surface area contributed by atoms with Gasteiger partial charge in [-0.15, -0.1) is 0 Å². The molecule has 0 aromatic heterocycles. The number of nitrogens with zero attached hydrogens (tertiary/aromatic N) is 2. The Hall–Kier alpha value is -2.53. The van der Waals surface area contributed by atoms with Gasteiger partial charge in [0, 0.05) is 26.7 Å². The van der Waals surface area contributed by atoms with Crippen LogP contribution in [0.15, 0.2) is 54.6 Å². The lowest BCUT2D eigenvalue weighted by Crippen LogP contribution is -2.45. The predicted molar refractivity (Wildman–Crippen MR) is 106 cm³/mol. The number of carbonyl (C=O) groups is 1. The average molecular weight is 353 g/mol. The molecule has 1 aliphatic heterocycles. The molecule has 0 bridgehead atoms. The van der Waals surface area contributed by atoms with Gasteiger partial charge in [0.1, 0.15) is 0 Å². The maximum absolute atomic E-state index is 12.7. The number of benzene rings is 2. The molecule has 1 saturated heterocycles. The fourth-order valence-corrected chi connectivity index (χ4v) is 3.37. The van der Waals surface area contributed by atoms with Crippen molar-refractivity contribution in [1.29, 1.82) is 0 Å². The van der Waals surface area contributed by atoms with Crippen molar-refractivity contribution < 1.29 is 9.53 Å². The maximum Gasteiger partial charge on any atom is 0.321 e. The number of urea groups is 1. The lowest BCUT2D eigenvalue weighted by Gasteiger charge is -2.37. The zero-order valence-corrected chi connectivity index (χ0v) is 15.7. The van der Waals surface area contributed by atoms with Crippen LogP contribution in [0.5, 0.6) is 0 Å². The van der Waals surface area contributed by atoms with Crippen LogP contribution in [0.1, 0.15) is 19.4 Å². The molecule has 1 fully saturated rings. The first kappa shape index (κ1) is 18.3. The number of nitrogens with one attached hydrogen (secondary N) is 1. The van der Waals surface area contributed by atoms with Gasteiger partial charge in [-0.2, -0.15) is 0 Å². The van der Waals surface area contributed by atoms with E-state index in [1.165, 1.54) is 0 Å². The molecule has 1 N–H and O–H groups in total. The number of morpholine rings is 1. The topological polar surface area (TPSA) is 44.8 Å². The van der Waals surface area contributed by atoms with Gasteiger partial charge < -0.3 is 19.9 Å². The molecule has 26 heavy (non-hydrogen) atoms. The van der Waals surface area contributed by atoms with Gasteiger partial charge in [0.15, 0.2) is 0 Å². The van der Waals surface area contributed by atoms with Gasteiger partial charge in [0.25, 0.3) is 0 Å². The van der Waals surface area contributed by atoms with E-state index in [0.717, 1.165) is 30.0 Å². The highest BCUT2D eigenvalue weighted by molar-refractivity contribution is 5.93. The van der Waals surface area contributed by atoms with Crippen molar-refractivity contribution in [2.75, 3.05) is 30.4 Å². The van der Waals surface area contributed by atoms with E-state index < -0.39 is 0 Å². The molecule has 2 atom stereocenters. The molecular formula is C21H27N3O2. The van der Waals surface area contributed by atoms with Gasteiger partial charge in [-0.25, -0.2) is 4.79 Å². The standard InChI is InChI=1S/C21H27N3O2/c1-16-13-24(14-17(2)26-16)20-12-8-7-11-19(20)22-21(25)23(3)15-18-9-5-4-6-10-18/h4-12,16-17H,13-15H2,1-3H3,(H,22,25). The number of rotatable bonds is 4. The largest absolute Gasteiger partial charge is 0.372 e. The Bertz CT molecular complexity index is 725. The zero-order valence-electron chi connectivity index (χ0n) is 15.7. The highest BCUT2D eigenvalue weighted by Crippen LogP contribution is 2.28. The normalized spacial score (nSPS) is 19.9. The number of anilines is 2. The van der Waals surface area contributed by atoms with Gasteiger partial charge in [0.05, 0.1) is 23.6 Å². The Labute approximate surface area is 155 Å². The van der Waals surface area contributed by atoms with Crippen LogP contribution in [0.25, 0.3) is 0 Å². The van der Waals surface area contributed by atoms with Crippen LogP contribution in [-0.2, 0) is 11.3 Å². The monoisotopic (exact) mass is 353 g/mol. The quantitative estimate of drug-likeness (QED) is 0.905. The highest BCUT2D eigenvalue weighted by Gasteiger charge is 2.24. The van der Waals surface area contributed by atoms with Crippen molar-refractivity contribution in [2.24, 2.45) is 0 Å². The van der Waals surface area contributed by atoms with Gasteiger partial charge >= 0.3 is 6.03 Å². The Morgan fingerprint density at radius 3 is 2.38 bits per heavy atom. The summed E-state index contributed by atoms with van der Waals surface area (Å²) < 4.78 is 5.83. The van der Waals surface area contributed by atoms with Gasteiger partial charge in [-0.3, -0.25) is 0 Å². The molecule has 2 unspecified atom stereocenters. The minimum Gasteiger partial charge on any atom is -0.372 e. The molecule has 0 saturated carbocycles. The molecule has 2 aromatic rings. The number of carbonyl (C=O) groups excluding carboxylic acids is 1. The molecule has 2 aromatic carbocycles. The second-order valence-corrected chi connectivity index (χ2v) is 6.95. The Morgan fingerprint density at radius 1 is 1.08 bits per heavy atom. The number of hydrogen-bond acceptors (Lipinski definition) is 3. The number of amides is 2. The Kier molecular flexibility index (Phi) is 5.78. The number of para-hydroxylation sites is 2. The summed E-state index contributed by atoms with van der Waals surface area (Å²) in [7, 11) is 1.81. The van der Waals surface area contributed by atoms with E-state index in [-0.39, 0.29) is 18.2 Å². The molecule has 1 aliphatic rings. The summed E-state index contributed by atoms with van der Waals surface area (Å²) in [5, 5.41) is 3.06. The van der Waals surface area contributed by atoms with Crippen molar-refractivity contribution in [2.45, 2.75) is 32.6 Å².